The standard InChI is InChI=1S/C16H18N2O/c1-10-9-16(2,3)15-12(8-14(17)19)11-6-4-5-7-13(11)18(10)15/h4-7,9H,8H2,1-3H3,(H2,17,19). The molecule has 3 nitrogen and oxygen atoms in total. The molecule has 2 heterocycles. The molecule has 0 radical (unpaired) electrons. The highest BCUT2D eigenvalue weighted by molar-refractivity contribution is 5.94. The Hall–Kier alpha value is -2.03. The number of hydrogen-bond donors (Lipinski definition) is 1. The van der Waals surface area contributed by atoms with Gasteiger partial charge < -0.3 is 10.3 Å². The number of para-hydroxylation sites is 1. The molecule has 3 heteroatoms. The van der Waals surface area contributed by atoms with Gasteiger partial charge in [-0.3, -0.25) is 4.79 Å². The molecule has 0 saturated carbocycles. The monoisotopic (exact) mass is 254 g/mol. The lowest BCUT2D eigenvalue weighted by Crippen LogP contribution is -2.19. The fourth-order valence-corrected chi connectivity index (χ4v) is 3.36. The van der Waals surface area contributed by atoms with Gasteiger partial charge in [0.15, 0.2) is 0 Å². The quantitative estimate of drug-likeness (QED) is 0.880. The first-order chi connectivity index (χ1) is 8.92. The van der Waals surface area contributed by atoms with Crippen molar-refractivity contribution in [2.45, 2.75) is 32.6 Å². The average molecular weight is 254 g/mol. The van der Waals surface area contributed by atoms with Gasteiger partial charge in [0, 0.05) is 22.2 Å². The lowest BCUT2D eigenvalue weighted by molar-refractivity contribution is -0.117. The van der Waals surface area contributed by atoms with Gasteiger partial charge in [0.2, 0.25) is 5.91 Å². The lowest BCUT2D eigenvalue weighted by Gasteiger charge is -2.17. The van der Waals surface area contributed by atoms with Crippen LogP contribution in [-0.4, -0.2) is 10.5 Å². The van der Waals surface area contributed by atoms with Crippen molar-refractivity contribution in [3.63, 3.8) is 0 Å². The summed E-state index contributed by atoms with van der Waals surface area (Å²) in [7, 11) is 0. The summed E-state index contributed by atoms with van der Waals surface area (Å²) in [5, 5.41) is 1.14. The summed E-state index contributed by atoms with van der Waals surface area (Å²) in [4.78, 5) is 11.4. The topological polar surface area (TPSA) is 48.0 Å². The molecule has 0 saturated heterocycles. The molecule has 1 aromatic carbocycles. The Bertz CT molecular complexity index is 720. The summed E-state index contributed by atoms with van der Waals surface area (Å²) >= 11 is 0. The first-order valence-corrected chi connectivity index (χ1v) is 6.53. The molecule has 1 amide bonds. The molecular weight excluding hydrogens is 236 g/mol. The normalized spacial score (nSPS) is 16.5. The van der Waals surface area contributed by atoms with Crippen LogP contribution < -0.4 is 5.73 Å². The molecule has 98 valence electrons. The zero-order valence-corrected chi connectivity index (χ0v) is 11.5. The van der Waals surface area contributed by atoms with Gasteiger partial charge in [0.25, 0.3) is 0 Å². The van der Waals surface area contributed by atoms with Crippen LogP contribution in [0.2, 0.25) is 0 Å². The fraction of sp³-hybridized carbons (Fsp3) is 0.312. The van der Waals surface area contributed by atoms with Crippen molar-refractivity contribution in [1.29, 1.82) is 0 Å². The number of carbonyl (C=O) groups is 1. The second-order valence-corrected chi connectivity index (χ2v) is 5.83. The zero-order chi connectivity index (χ0) is 13.8. The van der Waals surface area contributed by atoms with E-state index in [1.54, 1.807) is 0 Å². The van der Waals surface area contributed by atoms with E-state index in [2.05, 4.69) is 43.5 Å². The molecule has 2 aromatic rings. The third kappa shape index (κ3) is 1.61. The molecule has 19 heavy (non-hydrogen) atoms. The van der Waals surface area contributed by atoms with Crippen LogP contribution in [0.1, 0.15) is 32.0 Å². The van der Waals surface area contributed by atoms with Gasteiger partial charge in [0.1, 0.15) is 0 Å². The Morgan fingerprint density at radius 3 is 2.68 bits per heavy atom. The van der Waals surface area contributed by atoms with Gasteiger partial charge >= 0.3 is 0 Å². The minimum atomic E-state index is -0.278. The third-order valence-corrected chi connectivity index (χ3v) is 3.86. The molecule has 1 aliphatic heterocycles. The molecule has 1 aliphatic rings. The van der Waals surface area contributed by atoms with E-state index in [-0.39, 0.29) is 11.3 Å². The van der Waals surface area contributed by atoms with Crippen molar-refractivity contribution in [2.75, 3.05) is 0 Å². The smallest absolute Gasteiger partial charge is 0.221 e. The number of amides is 1. The van der Waals surface area contributed by atoms with E-state index in [9.17, 15) is 4.79 Å². The molecule has 3 rings (SSSR count). The molecular formula is C16H18N2O. The Morgan fingerprint density at radius 2 is 2.00 bits per heavy atom. The number of nitrogens with zero attached hydrogens (tertiary/aromatic N) is 1. The maximum Gasteiger partial charge on any atom is 0.221 e. The number of aromatic nitrogens is 1. The Labute approximate surface area is 112 Å². The van der Waals surface area contributed by atoms with E-state index in [0.717, 1.165) is 16.5 Å². The minimum absolute atomic E-state index is 0.0616. The van der Waals surface area contributed by atoms with E-state index in [1.807, 2.05) is 12.1 Å². The first kappa shape index (κ1) is 12.0. The Morgan fingerprint density at radius 1 is 1.32 bits per heavy atom. The molecule has 0 aliphatic carbocycles. The van der Waals surface area contributed by atoms with Crippen LogP contribution in [-0.2, 0) is 16.6 Å². The van der Waals surface area contributed by atoms with Crippen LogP contribution in [0.3, 0.4) is 0 Å². The van der Waals surface area contributed by atoms with Crippen molar-refractivity contribution >= 4 is 22.5 Å². The van der Waals surface area contributed by atoms with Crippen LogP contribution in [0, 0.1) is 0 Å². The second-order valence-electron chi connectivity index (χ2n) is 5.83. The number of rotatable bonds is 2. The van der Waals surface area contributed by atoms with Gasteiger partial charge in [-0.2, -0.15) is 0 Å². The highest BCUT2D eigenvalue weighted by atomic mass is 16.1. The number of allylic oxidation sites excluding steroid dienone is 2. The molecule has 0 bridgehead atoms. The van der Waals surface area contributed by atoms with Crippen molar-refractivity contribution in [3.8, 4) is 0 Å². The second kappa shape index (κ2) is 3.73. The number of benzene rings is 1. The third-order valence-electron chi connectivity index (χ3n) is 3.86. The van der Waals surface area contributed by atoms with Gasteiger partial charge in [0.05, 0.1) is 11.9 Å². The van der Waals surface area contributed by atoms with Gasteiger partial charge in [-0.15, -0.1) is 0 Å². The van der Waals surface area contributed by atoms with E-state index in [1.165, 1.54) is 11.4 Å². The lowest BCUT2D eigenvalue weighted by atomic mass is 9.86. The number of carbonyl (C=O) groups excluding carboxylic acids is 1. The summed E-state index contributed by atoms with van der Waals surface area (Å²) in [6.07, 6.45) is 2.55. The largest absolute Gasteiger partial charge is 0.369 e. The van der Waals surface area contributed by atoms with Crippen molar-refractivity contribution < 1.29 is 4.79 Å². The summed E-state index contributed by atoms with van der Waals surface area (Å²) < 4.78 is 2.26. The number of fused-ring (bicyclic) bond motifs is 3. The van der Waals surface area contributed by atoms with E-state index < -0.39 is 0 Å². The molecule has 0 spiro atoms. The molecule has 0 fully saturated rings. The molecule has 0 atom stereocenters. The number of hydrogen-bond acceptors (Lipinski definition) is 1. The SMILES string of the molecule is CC1=CC(C)(C)c2c(CC(N)=O)c3ccccc3n21. The summed E-state index contributed by atoms with van der Waals surface area (Å²) in [5.74, 6) is -0.278. The average Bonchev–Trinajstić information content (AvgIpc) is 2.75. The zero-order valence-electron chi connectivity index (χ0n) is 11.5. The first-order valence-electron chi connectivity index (χ1n) is 6.53. The maximum absolute atomic E-state index is 11.4. The maximum atomic E-state index is 11.4. The number of primary amides is 1. The van der Waals surface area contributed by atoms with Gasteiger partial charge in [-0.25, -0.2) is 0 Å². The van der Waals surface area contributed by atoms with Gasteiger partial charge in [-0.1, -0.05) is 38.1 Å². The highest BCUT2D eigenvalue weighted by Gasteiger charge is 2.34. The highest BCUT2D eigenvalue weighted by Crippen LogP contribution is 2.43. The number of nitrogens with two attached hydrogens (primary N) is 1. The molecule has 2 N–H and O–H groups in total. The Balaban J connectivity index is 2.41. The van der Waals surface area contributed by atoms with Crippen LogP contribution in [0.5, 0.6) is 0 Å². The van der Waals surface area contributed by atoms with Crippen LogP contribution in [0.25, 0.3) is 16.6 Å². The van der Waals surface area contributed by atoms with E-state index in [4.69, 9.17) is 5.73 Å². The van der Waals surface area contributed by atoms with Crippen molar-refractivity contribution in [1.82, 2.24) is 4.57 Å². The van der Waals surface area contributed by atoms with Crippen molar-refractivity contribution in [2.24, 2.45) is 5.73 Å². The molecule has 0 unspecified atom stereocenters. The van der Waals surface area contributed by atoms with Crippen LogP contribution in [0.15, 0.2) is 30.3 Å². The fourth-order valence-electron chi connectivity index (χ4n) is 3.36. The van der Waals surface area contributed by atoms with Crippen LogP contribution in [0.4, 0.5) is 0 Å². The Kier molecular flexibility index (Phi) is 2.36. The predicted molar refractivity (Wildman–Crippen MR) is 77.8 cm³/mol. The van der Waals surface area contributed by atoms with E-state index >= 15 is 0 Å². The minimum Gasteiger partial charge on any atom is -0.369 e. The van der Waals surface area contributed by atoms with Crippen molar-refractivity contribution in [3.05, 3.63) is 41.6 Å². The summed E-state index contributed by atoms with van der Waals surface area (Å²) in [6.45, 7) is 6.47. The summed E-state index contributed by atoms with van der Waals surface area (Å²) in [5.41, 5.74) is 10.0. The van der Waals surface area contributed by atoms with Crippen LogP contribution >= 0.6 is 0 Å². The molecule has 1 aromatic heterocycles. The van der Waals surface area contributed by atoms with E-state index in [0.29, 0.717) is 6.42 Å². The predicted octanol–water partition coefficient (Wildman–Crippen LogP) is 2.82. The van der Waals surface area contributed by atoms with Gasteiger partial charge in [-0.05, 0) is 18.6 Å². The summed E-state index contributed by atoms with van der Waals surface area (Å²) in [6, 6.07) is 8.21.